The van der Waals surface area contributed by atoms with E-state index in [0.29, 0.717) is 29.2 Å². The molecule has 1 heterocycles. The predicted octanol–water partition coefficient (Wildman–Crippen LogP) is 9.02. The Balaban J connectivity index is 1.34. The van der Waals surface area contributed by atoms with Gasteiger partial charge >= 0.3 is 6.09 Å². The third-order valence-corrected chi connectivity index (χ3v) is 7.82. The number of ether oxygens (including phenoxy) is 1. The molecule has 0 radical (unpaired) electrons. The molecule has 4 aromatic rings. The van der Waals surface area contributed by atoms with Gasteiger partial charge in [-0.15, -0.1) is 0 Å². The highest BCUT2D eigenvalue weighted by Gasteiger charge is 2.25. The highest BCUT2D eigenvalue weighted by atomic mass is 35.5. The number of nitrogens with zero attached hydrogens (tertiary/aromatic N) is 1. The monoisotopic (exact) mass is 628 g/mol. The number of allylic oxidation sites excluding steroid dienone is 2. The molecule has 0 bridgehead atoms. The maximum atomic E-state index is 14.1. The number of pyridine rings is 1. The first-order valence-electron chi connectivity index (χ1n) is 14.9. The van der Waals surface area contributed by atoms with E-state index in [4.69, 9.17) is 16.3 Å². The van der Waals surface area contributed by atoms with Gasteiger partial charge in [0.2, 0.25) is 0 Å². The van der Waals surface area contributed by atoms with Crippen LogP contribution in [0.15, 0.2) is 85.1 Å². The molecule has 0 spiro atoms. The molecule has 0 aliphatic heterocycles. The number of nitrogens with one attached hydrogen (secondary N) is 1. The van der Waals surface area contributed by atoms with Gasteiger partial charge in [-0.25, -0.2) is 13.6 Å². The molecular weight excluding hydrogens is 594 g/mol. The first-order valence-corrected chi connectivity index (χ1v) is 15.3. The second-order valence-electron chi connectivity index (χ2n) is 12.3. The molecule has 1 aromatic heterocycles. The molecular formula is C37H35ClF2N2O3. The predicted molar refractivity (Wildman–Crippen MR) is 173 cm³/mol. The van der Waals surface area contributed by atoms with Crippen molar-refractivity contribution in [2.24, 2.45) is 0 Å². The third-order valence-electron chi connectivity index (χ3n) is 7.57. The van der Waals surface area contributed by atoms with Crippen molar-refractivity contribution in [1.29, 1.82) is 0 Å². The lowest BCUT2D eigenvalue weighted by Crippen LogP contribution is -2.32. The van der Waals surface area contributed by atoms with Crippen LogP contribution in [0.5, 0.6) is 0 Å². The van der Waals surface area contributed by atoms with Gasteiger partial charge in [0, 0.05) is 48.2 Å². The molecule has 1 aliphatic carbocycles. The Morgan fingerprint density at radius 1 is 0.956 bits per heavy atom. The van der Waals surface area contributed by atoms with Gasteiger partial charge in [-0.1, -0.05) is 54.1 Å². The molecule has 8 heteroatoms. The van der Waals surface area contributed by atoms with Gasteiger partial charge in [-0.2, -0.15) is 0 Å². The number of fused-ring (bicyclic) bond motifs is 1. The van der Waals surface area contributed by atoms with Gasteiger partial charge in [0.05, 0.1) is 5.69 Å². The van der Waals surface area contributed by atoms with Crippen molar-refractivity contribution in [1.82, 2.24) is 10.3 Å². The zero-order valence-corrected chi connectivity index (χ0v) is 26.3. The standard InChI is InChI=1S/C37H35ClF2N2O3/c1-37(2,3)45-36(44)42-22-23-6-13-33-26(15-23)7-8-27(33)19-32(43)20-28(16-24-17-30(39)21-31(40)18-24)35-34(5-4-14-41-35)25-9-11-29(38)12-10-25/h4-6,8-15,17-18,21,28H,7,16,19-20,22H2,1-3H3,(H,42,44)/t28-/m1/s1. The van der Waals surface area contributed by atoms with Gasteiger partial charge in [0.1, 0.15) is 23.0 Å². The van der Waals surface area contributed by atoms with Crippen molar-refractivity contribution in [3.05, 3.63) is 130 Å². The SMILES string of the molecule is CC(C)(C)OC(=O)NCc1ccc2c(c1)CC=C2CC(=O)C[C@@H](Cc1cc(F)cc(F)c1)c1ncccc1-c1ccc(Cl)cc1. The van der Waals surface area contributed by atoms with Crippen molar-refractivity contribution in [2.75, 3.05) is 0 Å². The molecule has 0 saturated heterocycles. The molecule has 232 valence electrons. The van der Waals surface area contributed by atoms with Crippen LogP contribution in [0.2, 0.25) is 5.02 Å². The van der Waals surface area contributed by atoms with Crippen LogP contribution in [0.25, 0.3) is 16.7 Å². The number of amides is 1. The number of alkyl carbamates (subject to hydrolysis) is 1. The van der Waals surface area contributed by atoms with Crippen LogP contribution in [0.4, 0.5) is 13.6 Å². The topological polar surface area (TPSA) is 68.3 Å². The number of carbonyl (C=O) groups excluding carboxylic acids is 2. The third kappa shape index (κ3) is 8.64. The van der Waals surface area contributed by atoms with E-state index in [1.807, 2.05) is 63.2 Å². The zero-order valence-electron chi connectivity index (χ0n) is 25.5. The van der Waals surface area contributed by atoms with E-state index < -0.39 is 29.2 Å². The van der Waals surface area contributed by atoms with Crippen LogP contribution in [0.1, 0.15) is 67.5 Å². The van der Waals surface area contributed by atoms with Crippen LogP contribution in [0.3, 0.4) is 0 Å². The minimum absolute atomic E-state index is 0.000599. The summed E-state index contributed by atoms with van der Waals surface area (Å²) in [7, 11) is 0. The zero-order chi connectivity index (χ0) is 32.1. The molecule has 1 amide bonds. The van der Waals surface area contributed by atoms with Crippen molar-refractivity contribution in [3.8, 4) is 11.1 Å². The minimum Gasteiger partial charge on any atom is -0.444 e. The molecule has 5 rings (SSSR count). The summed E-state index contributed by atoms with van der Waals surface area (Å²) >= 11 is 6.12. The number of rotatable bonds is 10. The number of benzene rings is 3. The van der Waals surface area contributed by atoms with Gasteiger partial charge in [0.25, 0.3) is 0 Å². The molecule has 1 atom stereocenters. The minimum atomic E-state index is -0.664. The number of halogens is 3. The van der Waals surface area contributed by atoms with E-state index in [0.717, 1.165) is 39.5 Å². The van der Waals surface area contributed by atoms with Crippen LogP contribution in [-0.2, 0) is 28.9 Å². The lowest BCUT2D eigenvalue weighted by atomic mass is 9.85. The second-order valence-corrected chi connectivity index (χ2v) is 12.8. The van der Waals surface area contributed by atoms with Gasteiger partial charge in [-0.3, -0.25) is 9.78 Å². The maximum Gasteiger partial charge on any atom is 0.407 e. The fourth-order valence-corrected chi connectivity index (χ4v) is 5.82. The summed E-state index contributed by atoms with van der Waals surface area (Å²) in [5.41, 5.74) is 6.25. The fourth-order valence-electron chi connectivity index (χ4n) is 5.69. The van der Waals surface area contributed by atoms with Crippen LogP contribution in [-0.4, -0.2) is 22.5 Å². The summed E-state index contributed by atoms with van der Waals surface area (Å²) in [6.07, 6.45) is 4.54. The normalized spacial score (nSPS) is 13.2. The van der Waals surface area contributed by atoms with Gasteiger partial charge < -0.3 is 10.1 Å². The number of ketones is 1. The number of hydrogen-bond donors (Lipinski definition) is 1. The Morgan fingerprint density at radius 2 is 1.69 bits per heavy atom. The number of Topliss-reactive ketones (excluding diaryl/α,β-unsaturated/α-hetero) is 1. The van der Waals surface area contributed by atoms with Crippen LogP contribution in [0, 0.1) is 11.6 Å². The molecule has 1 N–H and O–H groups in total. The van der Waals surface area contributed by atoms with E-state index in [9.17, 15) is 18.4 Å². The lowest BCUT2D eigenvalue weighted by Gasteiger charge is -2.20. The first-order chi connectivity index (χ1) is 21.4. The molecule has 0 fully saturated rings. The Hall–Kier alpha value is -4.36. The first kappa shape index (κ1) is 32.0. The van der Waals surface area contributed by atoms with E-state index >= 15 is 0 Å². The number of hydrogen-bond acceptors (Lipinski definition) is 4. The molecule has 1 aliphatic rings. The van der Waals surface area contributed by atoms with Crippen molar-refractivity contribution in [3.63, 3.8) is 0 Å². The summed E-state index contributed by atoms with van der Waals surface area (Å²) in [4.78, 5) is 30.4. The average Bonchev–Trinajstić information content (AvgIpc) is 3.36. The Kier molecular flexibility index (Phi) is 9.78. The highest BCUT2D eigenvalue weighted by molar-refractivity contribution is 6.30. The molecule has 45 heavy (non-hydrogen) atoms. The summed E-state index contributed by atoms with van der Waals surface area (Å²) in [5.74, 6) is -1.75. The molecule has 3 aromatic carbocycles. The smallest absolute Gasteiger partial charge is 0.407 e. The molecule has 0 unspecified atom stereocenters. The van der Waals surface area contributed by atoms with Crippen LogP contribution < -0.4 is 5.32 Å². The van der Waals surface area contributed by atoms with Crippen LogP contribution >= 0.6 is 11.6 Å². The second kappa shape index (κ2) is 13.7. The van der Waals surface area contributed by atoms with E-state index in [1.54, 1.807) is 18.3 Å². The van der Waals surface area contributed by atoms with Gasteiger partial charge in [0.15, 0.2) is 0 Å². The average molecular weight is 629 g/mol. The largest absolute Gasteiger partial charge is 0.444 e. The molecule has 5 nitrogen and oxygen atoms in total. The van der Waals surface area contributed by atoms with Crippen molar-refractivity contribution >= 4 is 29.1 Å². The summed E-state index contributed by atoms with van der Waals surface area (Å²) in [5, 5.41) is 3.38. The van der Waals surface area contributed by atoms with E-state index in [-0.39, 0.29) is 25.0 Å². The quantitative estimate of drug-likeness (QED) is 0.190. The Labute approximate surface area is 267 Å². The Bertz CT molecular complexity index is 1730. The Morgan fingerprint density at radius 3 is 2.40 bits per heavy atom. The highest BCUT2D eigenvalue weighted by Crippen LogP contribution is 2.36. The molecule has 0 saturated carbocycles. The fraction of sp³-hybridized carbons (Fsp3) is 0.270. The summed E-state index contributed by atoms with van der Waals surface area (Å²) < 4.78 is 33.6. The summed E-state index contributed by atoms with van der Waals surface area (Å²) in [6.45, 7) is 5.78. The van der Waals surface area contributed by atoms with Crippen molar-refractivity contribution in [2.45, 2.75) is 64.5 Å². The maximum absolute atomic E-state index is 14.1. The lowest BCUT2D eigenvalue weighted by molar-refractivity contribution is -0.118. The van der Waals surface area contributed by atoms with E-state index in [2.05, 4.69) is 16.4 Å². The van der Waals surface area contributed by atoms with Gasteiger partial charge in [-0.05, 0) is 97.3 Å². The number of aromatic nitrogens is 1. The van der Waals surface area contributed by atoms with Crippen molar-refractivity contribution < 1.29 is 23.1 Å². The summed E-state index contributed by atoms with van der Waals surface area (Å²) in [6, 6.07) is 20.5. The number of carbonyl (C=O) groups is 2. The van der Waals surface area contributed by atoms with E-state index in [1.165, 1.54) is 12.1 Å².